The monoisotopic (exact) mass is 171 g/mol. The SMILES string of the molecule is C=C1C=Cc2c(ccc(N)c2C)C1. The quantitative estimate of drug-likeness (QED) is 0.597. The summed E-state index contributed by atoms with van der Waals surface area (Å²) in [5.41, 5.74) is 11.6. The van der Waals surface area contributed by atoms with Gasteiger partial charge in [-0.05, 0) is 36.1 Å². The molecule has 1 aromatic rings. The number of rotatable bonds is 0. The van der Waals surface area contributed by atoms with Crippen LogP contribution in [-0.4, -0.2) is 0 Å². The number of allylic oxidation sites excluding steroid dienone is 2. The zero-order valence-electron chi connectivity index (χ0n) is 7.80. The van der Waals surface area contributed by atoms with Gasteiger partial charge < -0.3 is 5.73 Å². The number of anilines is 1. The van der Waals surface area contributed by atoms with Crippen molar-refractivity contribution in [3.05, 3.63) is 47.1 Å². The Bertz CT molecular complexity index is 400. The molecule has 0 saturated carbocycles. The van der Waals surface area contributed by atoms with Gasteiger partial charge in [-0.25, -0.2) is 0 Å². The van der Waals surface area contributed by atoms with Crippen LogP contribution >= 0.6 is 0 Å². The van der Waals surface area contributed by atoms with E-state index in [0.717, 1.165) is 17.7 Å². The molecule has 2 N–H and O–H groups in total. The van der Waals surface area contributed by atoms with E-state index in [1.165, 1.54) is 16.7 Å². The van der Waals surface area contributed by atoms with E-state index < -0.39 is 0 Å². The molecule has 1 aromatic carbocycles. The molecule has 0 aromatic heterocycles. The summed E-state index contributed by atoms with van der Waals surface area (Å²) in [5, 5.41) is 0. The molecular weight excluding hydrogens is 158 g/mol. The van der Waals surface area contributed by atoms with Crippen LogP contribution in [0, 0.1) is 6.92 Å². The van der Waals surface area contributed by atoms with Crippen molar-refractivity contribution in [1.82, 2.24) is 0 Å². The summed E-state index contributed by atoms with van der Waals surface area (Å²) >= 11 is 0. The first-order valence-corrected chi connectivity index (χ1v) is 4.42. The zero-order valence-corrected chi connectivity index (χ0v) is 7.80. The van der Waals surface area contributed by atoms with Crippen LogP contribution in [0.5, 0.6) is 0 Å². The van der Waals surface area contributed by atoms with Crippen LogP contribution in [-0.2, 0) is 6.42 Å². The average molecular weight is 171 g/mol. The minimum Gasteiger partial charge on any atom is -0.398 e. The van der Waals surface area contributed by atoms with Crippen LogP contribution in [0.15, 0.2) is 30.4 Å². The highest BCUT2D eigenvalue weighted by atomic mass is 14.6. The summed E-state index contributed by atoms with van der Waals surface area (Å²) in [6.45, 7) is 6.01. The number of benzene rings is 1. The maximum atomic E-state index is 5.82. The molecule has 0 atom stereocenters. The van der Waals surface area contributed by atoms with Gasteiger partial charge in [-0.2, -0.15) is 0 Å². The highest BCUT2D eigenvalue weighted by molar-refractivity contribution is 5.69. The molecule has 0 unspecified atom stereocenters. The summed E-state index contributed by atoms with van der Waals surface area (Å²) in [6.07, 6.45) is 5.12. The standard InChI is InChI=1S/C12H13N/c1-8-3-5-11-9(2)12(13)6-4-10(11)7-8/h3-6H,1,7,13H2,2H3. The summed E-state index contributed by atoms with van der Waals surface area (Å²) in [4.78, 5) is 0. The third kappa shape index (κ3) is 1.26. The molecule has 0 radical (unpaired) electrons. The van der Waals surface area contributed by atoms with Crippen molar-refractivity contribution in [1.29, 1.82) is 0 Å². The third-order valence-electron chi connectivity index (χ3n) is 2.55. The fourth-order valence-electron chi connectivity index (χ4n) is 1.69. The fourth-order valence-corrected chi connectivity index (χ4v) is 1.69. The second-order valence-corrected chi connectivity index (χ2v) is 3.52. The maximum absolute atomic E-state index is 5.82. The Hall–Kier alpha value is -1.50. The number of nitrogens with two attached hydrogens (primary N) is 1. The van der Waals surface area contributed by atoms with Crippen molar-refractivity contribution in [3.8, 4) is 0 Å². The Morgan fingerprint density at radius 2 is 2.08 bits per heavy atom. The van der Waals surface area contributed by atoms with Gasteiger partial charge in [-0.15, -0.1) is 0 Å². The van der Waals surface area contributed by atoms with Crippen molar-refractivity contribution in [2.24, 2.45) is 0 Å². The van der Waals surface area contributed by atoms with Gasteiger partial charge in [0.05, 0.1) is 0 Å². The summed E-state index contributed by atoms with van der Waals surface area (Å²) < 4.78 is 0. The summed E-state index contributed by atoms with van der Waals surface area (Å²) in [6, 6.07) is 4.06. The highest BCUT2D eigenvalue weighted by Gasteiger charge is 2.09. The van der Waals surface area contributed by atoms with Crippen LogP contribution < -0.4 is 5.73 Å². The lowest BCUT2D eigenvalue weighted by Crippen LogP contribution is -2.01. The Labute approximate surface area is 78.6 Å². The molecule has 1 nitrogen and oxygen atoms in total. The van der Waals surface area contributed by atoms with Crippen LogP contribution in [0.1, 0.15) is 16.7 Å². The Morgan fingerprint density at radius 3 is 2.85 bits per heavy atom. The van der Waals surface area contributed by atoms with Crippen molar-refractivity contribution >= 4 is 11.8 Å². The van der Waals surface area contributed by atoms with Gasteiger partial charge in [0.2, 0.25) is 0 Å². The summed E-state index contributed by atoms with van der Waals surface area (Å²) in [5.74, 6) is 0. The predicted molar refractivity (Wildman–Crippen MR) is 57.5 cm³/mol. The molecule has 0 aliphatic heterocycles. The molecule has 0 fully saturated rings. The van der Waals surface area contributed by atoms with E-state index in [4.69, 9.17) is 5.73 Å². The molecule has 0 saturated heterocycles. The minimum absolute atomic E-state index is 0.871. The molecular formula is C12H13N. The van der Waals surface area contributed by atoms with Crippen LogP contribution in [0.3, 0.4) is 0 Å². The lowest BCUT2D eigenvalue weighted by molar-refractivity contribution is 1.17. The second-order valence-electron chi connectivity index (χ2n) is 3.52. The average Bonchev–Trinajstić information content (AvgIpc) is 2.12. The number of hydrogen-bond donors (Lipinski definition) is 1. The third-order valence-corrected chi connectivity index (χ3v) is 2.55. The van der Waals surface area contributed by atoms with E-state index in [-0.39, 0.29) is 0 Å². The molecule has 13 heavy (non-hydrogen) atoms. The lowest BCUT2D eigenvalue weighted by atomic mass is 9.91. The topological polar surface area (TPSA) is 26.0 Å². The van der Waals surface area contributed by atoms with Gasteiger partial charge in [-0.1, -0.05) is 30.4 Å². The first-order chi connectivity index (χ1) is 6.18. The predicted octanol–water partition coefficient (Wildman–Crippen LogP) is 2.70. The first kappa shape index (κ1) is 8.11. The van der Waals surface area contributed by atoms with Crippen molar-refractivity contribution in [2.75, 3.05) is 5.73 Å². The number of fused-ring (bicyclic) bond motifs is 1. The van der Waals surface area contributed by atoms with E-state index >= 15 is 0 Å². The molecule has 1 heteroatoms. The van der Waals surface area contributed by atoms with Crippen LogP contribution in [0.4, 0.5) is 5.69 Å². The fraction of sp³-hybridized carbons (Fsp3) is 0.167. The van der Waals surface area contributed by atoms with Gasteiger partial charge >= 0.3 is 0 Å². The maximum Gasteiger partial charge on any atom is 0.0349 e. The molecule has 1 aliphatic carbocycles. The molecule has 0 bridgehead atoms. The van der Waals surface area contributed by atoms with E-state index in [1.54, 1.807) is 0 Å². The molecule has 0 amide bonds. The number of nitrogen functional groups attached to an aromatic ring is 1. The number of hydrogen-bond acceptors (Lipinski definition) is 1. The second kappa shape index (κ2) is 2.77. The van der Waals surface area contributed by atoms with E-state index in [9.17, 15) is 0 Å². The van der Waals surface area contributed by atoms with Crippen molar-refractivity contribution in [2.45, 2.75) is 13.3 Å². The van der Waals surface area contributed by atoms with E-state index in [1.807, 2.05) is 6.07 Å². The van der Waals surface area contributed by atoms with Gasteiger partial charge in [0, 0.05) is 5.69 Å². The van der Waals surface area contributed by atoms with Crippen molar-refractivity contribution < 1.29 is 0 Å². The molecule has 0 heterocycles. The normalized spacial score (nSPS) is 14.4. The molecule has 0 spiro atoms. The smallest absolute Gasteiger partial charge is 0.0349 e. The zero-order chi connectivity index (χ0) is 9.42. The van der Waals surface area contributed by atoms with Gasteiger partial charge in [0.1, 0.15) is 0 Å². The van der Waals surface area contributed by atoms with E-state index in [2.05, 4.69) is 31.7 Å². The molecule has 2 rings (SSSR count). The minimum atomic E-state index is 0.871. The Kier molecular flexibility index (Phi) is 1.73. The van der Waals surface area contributed by atoms with Gasteiger partial charge in [-0.3, -0.25) is 0 Å². The largest absolute Gasteiger partial charge is 0.398 e. The van der Waals surface area contributed by atoms with Crippen molar-refractivity contribution in [3.63, 3.8) is 0 Å². The van der Waals surface area contributed by atoms with E-state index in [0.29, 0.717) is 0 Å². The highest BCUT2D eigenvalue weighted by Crippen LogP contribution is 2.27. The van der Waals surface area contributed by atoms with Gasteiger partial charge in [0.15, 0.2) is 0 Å². The Morgan fingerprint density at radius 1 is 1.31 bits per heavy atom. The summed E-state index contributed by atoms with van der Waals surface area (Å²) in [7, 11) is 0. The van der Waals surface area contributed by atoms with Crippen LogP contribution in [0.2, 0.25) is 0 Å². The van der Waals surface area contributed by atoms with Gasteiger partial charge in [0.25, 0.3) is 0 Å². The van der Waals surface area contributed by atoms with Crippen LogP contribution in [0.25, 0.3) is 6.08 Å². The molecule has 66 valence electrons. The lowest BCUT2D eigenvalue weighted by Gasteiger charge is -2.15. The first-order valence-electron chi connectivity index (χ1n) is 4.42. The Balaban J connectivity index is 2.63. The molecule has 1 aliphatic rings.